The van der Waals surface area contributed by atoms with Gasteiger partial charge in [-0.25, -0.2) is 4.98 Å². The van der Waals surface area contributed by atoms with Crippen molar-refractivity contribution in [1.29, 1.82) is 0 Å². The zero-order chi connectivity index (χ0) is 16.9. The fourth-order valence-electron chi connectivity index (χ4n) is 3.21. The van der Waals surface area contributed by atoms with E-state index in [0.717, 1.165) is 5.56 Å². The minimum Gasteiger partial charge on any atom is -0.481 e. The van der Waals surface area contributed by atoms with Gasteiger partial charge < -0.3 is 5.11 Å². The Balaban J connectivity index is 1.84. The Hall–Kier alpha value is -2.24. The van der Waals surface area contributed by atoms with Crippen LogP contribution in [-0.4, -0.2) is 26.0 Å². The number of carboxylic acid groups (broad SMARTS) is 1. The molecule has 5 nitrogen and oxygen atoms in total. The molecular weight excluding hydrogens is 349 g/mol. The summed E-state index contributed by atoms with van der Waals surface area (Å²) in [4.78, 5) is 24.6. The second-order valence-electron chi connectivity index (χ2n) is 5.84. The molecule has 7 heteroatoms. The summed E-state index contributed by atoms with van der Waals surface area (Å²) < 4.78 is 0. The number of halogens is 2. The Kier molecular flexibility index (Phi) is 3.44. The van der Waals surface area contributed by atoms with Gasteiger partial charge in [-0.15, -0.1) is 0 Å². The molecule has 0 aromatic carbocycles. The summed E-state index contributed by atoms with van der Waals surface area (Å²) in [5.41, 5.74) is 1.48. The zero-order valence-corrected chi connectivity index (χ0v) is 13.8. The lowest BCUT2D eigenvalue weighted by Gasteiger charge is -2.13. The van der Waals surface area contributed by atoms with Crippen LogP contribution in [0.3, 0.4) is 0 Å². The van der Waals surface area contributed by atoms with E-state index < -0.39 is 11.4 Å². The normalized spacial score (nSPS) is 22.5. The van der Waals surface area contributed by atoms with Gasteiger partial charge in [-0.1, -0.05) is 29.3 Å². The molecule has 3 aromatic rings. The highest BCUT2D eigenvalue weighted by atomic mass is 35.5. The number of pyridine rings is 3. The van der Waals surface area contributed by atoms with Crippen LogP contribution in [0.15, 0.2) is 42.9 Å². The Bertz CT molecular complexity index is 965. The van der Waals surface area contributed by atoms with Gasteiger partial charge in [0, 0.05) is 24.5 Å². The minimum atomic E-state index is -1.01. The van der Waals surface area contributed by atoms with E-state index in [9.17, 15) is 9.90 Å². The molecule has 3 heterocycles. The second-order valence-corrected chi connectivity index (χ2v) is 6.63. The van der Waals surface area contributed by atoms with Crippen molar-refractivity contribution < 1.29 is 9.90 Å². The van der Waals surface area contributed by atoms with Crippen LogP contribution in [0, 0.1) is 0 Å². The second kappa shape index (κ2) is 5.40. The summed E-state index contributed by atoms with van der Waals surface area (Å²) in [6.45, 7) is 0. The quantitative estimate of drug-likeness (QED) is 0.718. The standard InChI is InChI=1S/C17H11Cl2N3O2/c18-12-5-14(19)22-13-4-10(8-21-15(12)13)17(16(23)24)6-11(17)9-2-1-3-20-7-9/h1-5,7-8,11H,6H2,(H,23,24). The van der Waals surface area contributed by atoms with Gasteiger partial charge in [0.25, 0.3) is 0 Å². The molecule has 1 saturated carbocycles. The van der Waals surface area contributed by atoms with Crippen LogP contribution in [0.5, 0.6) is 0 Å². The summed E-state index contributed by atoms with van der Waals surface area (Å²) in [6.07, 6.45) is 5.43. The van der Waals surface area contributed by atoms with Gasteiger partial charge in [0.05, 0.1) is 10.5 Å². The molecule has 120 valence electrons. The van der Waals surface area contributed by atoms with Crippen LogP contribution in [0.4, 0.5) is 0 Å². The van der Waals surface area contributed by atoms with Gasteiger partial charge >= 0.3 is 5.97 Å². The first-order chi connectivity index (χ1) is 11.5. The lowest BCUT2D eigenvalue weighted by Crippen LogP contribution is -2.22. The van der Waals surface area contributed by atoms with Crippen LogP contribution in [0.1, 0.15) is 23.5 Å². The van der Waals surface area contributed by atoms with Crippen molar-refractivity contribution in [2.45, 2.75) is 17.8 Å². The first-order valence-corrected chi connectivity index (χ1v) is 8.03. The Morgan fingerprint density at radius 2 is 2.12 bits per heavy atom. The van der Waals surface area contributed by atoms with Crippen molar-refractivity contribution in [2.75, 3.05) is 0 Å². The van der Waals surface area contributed by atoms with E-state index in [1.807, 2.05) is 6.07 Å². The number of nitrogens with zero attached hydrogens (tertiary/aromatic N) is 3. The summed E-state index contributed by atoms with van der Waals surface area (Å²) in [7, 11) is 0. The average Bonchev–Trinajstić information content (AvgIpc) is 3.32. The van der Waals surface area contributed by atoms with Gasteiger partial charge in [-0.2, -0.15) is 0 Å². The highest BCUT2D eigenvalue weighted by molar-refractivity contribution is 6.37. The van der Waals surface area contributed by atoms with Crippen molar-refractivity contribution in [1.82, 2.24) is 15.0 Å². The smallest absolute Gasteiger partial charge is 0.314 e. The van der Waals surface area contributed by atoms with E-state index in [4.69, 9.17) is 23.2 Å². The summed E-state index contributed by atoms with van der Waals surface area (Å²) >= 11 is 12.1. The highest BCUT2D eigenvalue weighted by Crippen LogP contribution is 2.60. The molecule has 2 atom stereocenters. The first kappa shape index (κ1) is 15.3. The van der Waals surface area contributed by atoms with Crippen molar-refractivity contribution in [3.63, 3.8) is 0 Å². The number of rotatable bonds is 3. The van der Waals surface area contributed by atoms with Gasteiger partial charge in [0.15, 0.2) is 0 Å². The van der Waals surface area contributed by atoms with Gasteiger partial charge in [-0.3, -0.25) is 14.8 Å². The number of carboxylic acids is 1. The molecule has 0 spiro atoms. The summed E-state index contributed by atoms with van der Waals surface area (Å²) in [5.74, 6) is -1.02. The zero-order valence-electron chi connectivity index (χ0n) is 12.3. The molecule has 2 unspecified atom stereocenters. The van der Waals surface area contributed by atoms with Crippen LogP contribution >= 0.6 is 23.2 Å². The number of hydrogen-bond acceptors (Lipinski definition) is 4. The summed E-state index contributed by atoms with van der Waals surface area (Å²) in [6, 6.07) is 6.92. The molecule has 1 aliphatic rings. The monoisotopic (exact) mass is 359 g/mol. The van der Waals surface area contributed by atoms with Crippen molar-refractivity contribution >= 4 is 40.2 Å². The third-order valence-corrected chi connectivity index (χ3v) is 4.99. The lowest BCUT2D eigenvalue weighted by molar-refractivity contribution is -0.140. The minimum absolute atomic E-state index is 0.141. The number of aromatic nitrogens is 3. The van der Waals surface area contributed by atoms with E-state index >= 15 is 0 Å². The van der Waals surface area contributed by atoms with Crippen molar-refractivity contribution in [2.24, 2.45) is 0 Å². The van der Waals surface area contributed by atoms with E-state index in [1.54, 1.807) is 30.7 Å². The Morgan fingerprint density at radius 1 is 1.29 bits per heavy atom. The molecule has 1 N–H and O–H groups in total. The fraction of sp³-hybridized carbons (Fsp3) is 0.176. The predicted molar refractivity (Wildman–Crippen MR) is 90.5 cm³/mol. The van der Waals surface area contributed by atoms with E-state index in [2.05, 4.69) is 15.0 Å². The molecule has 24 heavy (non-hydrogen) atoms. The average molecular weight is 360 g/mol. The topological polar surface area (TPSA) is 76.0 Å². The number of fused-ring (bicyclic) bond motifs is 1. The first-order valence-electron chi connectivity index (χ1n) is 7.28. The third-order valence-electron chi connectivity index (χ3n) is 4.51. The molecule has 0 amide bonds. The molecule has 0 saturated heterocycles. The van der Waals surface area contributed by atoms with Gasteiger partial charge in [0.1, 0.15) is 16.1 Å². The molecule has 1 fully saturated rings. The molecule has 3 aromatic heterocycles. The SMILES string of the molecule is O=C(O)C1(c2cnc3c(Cl)cc(Cl)nc3c2)CC1c1cccnc1. The number of carbonyl (C=O) groups is 1. The Labute approximate surface area is 147 Å². The fourth-order valence-corrected chi connectivity index (χ4v) is 3.72. The number of aliphatic carboxylic acids is 1. The maximum Gasteiger partial charge on any atom is 0.314 e. The van der Waals surface area contributed by atoms with E-state index in [0.29, 0.717) is 28.0 Å². The molecule has 4 rings (SSSR count). The molecular formula is C17H11Cl2N3O2. The lowest BCUT2D eigenvalue weighted by atomic mass is 9.92. The molecule has 1 aliphatic carbocycles. The number of hydrogen-bond donors (Lipinski definition) is 1. The van der Waals surface area contributed by atoms with E-state index in [1.165, 1.54) is 6.07 Å². The largest absolute Gasteiger partial charge is 0.481 e. The maximum absolute atomic E-state index is 12.0. The van der Waals surface area contributed by atoms with Crippen LogP contribution in [0.2, 0.25) is 10.2 Å². The third kappa shape index (κ3) is 2.24. The molecule has 0 radical (unpaired) electrons. The molecule has 0 bridgehead atoms. The van der Waals surface area contributed by atoms with Crippen molar-refractivity contribution in [3.05, 3.63) is 64.2 Å². The van der Waals surface area contributed by atoms with Gasteiger partial charge in [-0.05, 0) is 35.7 Å². The van der Waals surface area contributed by atoms with Crippen LogP contribution in [0.25, 0.3) is 11.0 Å². The predicted octanol–water partition coefficient (Wildman–Crippen LogP) is 3.84. The maximum atomic E-state index is 12.0. The van der Waals surface area contributed by atoms with Crippen LogP contribution in [-0.2, 0) is 10.2 Å². The molecule has 0 aliphatic heterocycles. The van der Waals surface area contributed by atoms with Crippen molar-refractivity contribution in [3.8, 4) is 0 Å². The van der Waals surface area contributed by atoms with Crippen LogP contribution < -0.4 is 0 Å². The van der Waals surface area contributed by atoms with E-state index in [-0.39, 0.29) is 11.1 Å². The summed E-state index contributed by atoms with van der Waals surface area (Å²) in [5, 5.41) is 10.5. The Morgan fingerprint density at radius 3 is 2.83 bits per heavy atom. The highest BCUT2D eigenvalue weighted by Gasteiger charge is 2.62. The van der Waals surface area contributed by atoms with Gasteiger partial charge in [0.2, 0.25) is 0 Å².